The molecule has 3 nitrogen and oxygen atoms in total. The van der Waals surface area contributed by atoms with Crippen LogP contribution in [0.2, 0.25) is 5.02 Å². The number of hydrogen-bond acceptors (Lipinski definition) is 4. The summed E-state index contributed by atoms with van der Waals surface area (Å²) in [5.41, 5.74) is 2.55. The highest BCUT2D eigenvalue weighted by molar-refractivity contribution is 7.08. The van der Waals surface area contributed by atoms with Gasteiger partial charge < -0.3 is 15.2 Å². The number of para-hydroxylation sites is 1. The predicted octanol–water partition coefficient (Wildman–Crippen LogP) is 3.24. The minimum atomic E-state index is -0.565. The van der Waals surface area contributed by atoms with Crippen LogP contribution in [0.5, 0.6) is 5.75 Å². The zero-order chi connectivity index (χ0) is 14.4. The van der Waals surface area contributed by atoms with Gasteiger partial charge in [0.2, 0.25) is 0 Å². The fraction of sp³-hybridized carbons (Fsp3) is 0.333. The van der Waals surface area contributed by atoms with Crippen LogP contribution in [-0.4, -0.2) is 24.4 Å². The van der Waals surface area contributed by atoms with Gasteiger partial charge in [-0.15, -0.1) is 0 Å². The summed E-state index contributed by atoms with van der Waals surface area (Å²) < 4.78 is 5.49. The highest BCUT2D eigenvalue weighted by Gasteiger charge is 2.07. The molecule has 1 atom stereocenters. The molecule has 108 valence electrons. The number of rotatable bonds is 7. The molecular formula is C15H18ClNO2S. The van der Waals surface area contributed by atoms with Crippen LogP contribution in [0.25, 0.3) is 0 Å². The van der Waals surface area contributed by atoms with Gasteiger partial charge in [0.15, 0.2) is 0 Å². The van der Waals surface area contributed by atoms with Crippen molar-refractivity contribution in [2.45, 2.75) is 19.6 Å². The summed E-state index contributed by atoms with van der Waals surface area (Å²) in [6, 6.07) is 7.25. The first kappa shape index (κ1) is 15.3. The van der Waals surface area contributed by atoms with Crippen molar-refractivity contribution in [1.29, 1.82) is 0 Å². The maximum atomic E-state index is 9.87. The number of thiophene rings is 1. The molecule has 1 aromatic carbocycles. The normalized spacial score (nSPS) is 12.3. The van der Waals surface area contributed by atoms with Gasteiger partial charge in [-0.1, -0.05) is 23.7 Å². The summed E-state index contributed by atoms with van der Waals surface area (Å²) in [4.78, 5) is 0. The van der Waals surface area contributed by atoms with Gasteiger partial charge >= 0.3 is 0 Å². The second kappa shape index (κ2) is 7.64. The molecule has 0 aliphatic rings. The van der Waals surface area contributed by atoms with Gasteiger partial charge in [0, 0.05) is 13.1 Å². The first-order valence-electron chi connectivity index (χ1n) is 6.44. The number of benzene rings is 1. The van der Waals surface area contributed by atoms with E-state index in [4.69, 9.17) is 16.3 Å². The van der Waals surface area contributed by atoms with Crippen molar-refractivity contribution in [3.63, 3.8) is 0 Å². The second-order valence-corrected chi connectivity index (χ2v) is 5.76. The van der Waals surface area contributed by atoms with Crippen molar-refractivity contribution in [2.24, 2.45) is 0 Å². The molecule has 0 saturated carbocycles. The summed E-state index contributed by atoms with van der Waals surface area (Å²) in [5, 5.41) is 17.9. The SMILES string of the molecule is Cc1cscc1CNCC(O)COc1ccccc1Cl. The van der Waals surface area contributed by atoms with Crippen LogP contribution in [0.3, 0.4) is 0 Å². The third-order valence-corrected chi connectivity index (χ3v) is 4.15. The van der Waals surface area contributed by atoms with Crippen molar-refractivity contribution in [1.82, 2.24) is 5.32 Å². The monoisotopic (exact) mass is 311 g/mol. The highest BCUT2D eigenvalue weighted by atomic mass is 35.5. The van der Waals surface area contributed by atoms with E-state index in [1.54, 1.807) is 23.5 Å². The molecule has 1 aromatic heterocycles. The van der Waals surface area contributed by atoms with Crippen molar-refractivity contribution < 1.29 is 9.84 Å². The van der Waals surface area contributed by atoms with Gasteiger partial charge in [0.25, 0.3) is 0 Å². The third kappa shape index (κ3) is 4.49. The molecular weight excluding hydrogens is 294 g/mol. The molecule has 0 bridgehead atoms. The van der Waals surface area contributed by atoms with E-state index in [9.17, 15) is 5.11 Å². The number of halogens is 1. The number of aliphatic hydroxyl groups excluding tert-OH is 1. The van der Waals surface area contributed by atoms with Gasteiger partial charge in [-0.2, -0.15) is 11.3 Å². The van der Waals surface area contributed by atoms with Gasteiger partial charge in [-0.25, -0.2) is 0 Å². The van der Waals surface area contributed by atoms with Gasteiger partial charge in [0.05, 0.1) is 5.02 Å². The van der Waals surface area contributed by atoms with Gasteiger partial charge in [-0.3, -0.25) is 0 Å². The molecule has 0 saturated heterocycles. The largest absolute Gasteiger partial charge is 0.489 e. The predicted molar refractivity (Wildman–Crippen MR) is 83.7 cm³/mol. The lowest BCUT2D eigenvalue weighted by Crippen LogP contribution is -2.31. The molecule has 0 fully saturated rings. The van der Waals surface area contributed by atoms with Crippen LogP contribution >= 0.6 is 22.9 Å². The molecule has 2 N–H and O–H groups in total. The molecule has 1 heterocycles. The fourth-order valence-electron chi connectivity index (χ4n) is 1.75. The number of nitrogens with one attached hydrogen (secondary N) is 1. The second-order valence-electron chi connectivity index (χ2n) is 4.61. The zero-order valence-corrected chi connectivity index (χ0v) is 12.9. The molecule has 1 unspecified atom stereocenters. The molecule has 0 amide bonds. The average molecular weight is 312 g/mol. The van der Waals surface area contributed by atoms with E-state index in [0.29, 0.717) is 17.3 Å². The average Bonchev–Trinajstić information content (AvgIpc) is 2.84. The van der Waals surface area contributed by atoms with Crippen molar-refractivity contribution in [3.05, 3.63) is 51.2 Å². The summed E-state index contributed by atoms with van der Waals surface area (Å²) in [6.45, 7) is 3.56. The Kier molecular flexibility index (Phi) is 5.86. The van der Waals surface area contributed by atoms with E-state index >= 15 is 0 Å². The highest BCUT2D eigenvalue weighted by Crippen LogP contribution is 2.23. The van der Waals surface area contributed by atoms with Crippen LogP contribution in [-0.2, 0) is 6.54 Å². The first-order valence-corrected chi connectivity index (χ1v) is 7.76. The molecule has 2 aromatic rings. The minimum absolute atomic E-state index is 0.222. The van der Waals surface area contributed by atoms with Crippen molar-refractivity contribution in [2.75, 3.05) is 13.2 Å². The molecule has 0 spiro atoms. The Bertz CT molecular complexity index is 544. The first-order chi connectivity index (χ1) is 9.66. The lowest BCUT2D eigenvalue weighted by Gasteiger charge is -2.14. The third-order valence-electron chi connectivity index (χ3n) is 2.92. The van der Waals surface area contributed by atoms with E-state index in [-0.39, 0.29) is 6.61 Å². The van der Waals surface area contributed by atoms with E-state index in [1.807, 2.05) is 12.1 Å². The summed E-state index contributed by atoms with van der Waals surface area (Å²) >= 11 is 7.67. The van der Waals surface area contributed by atoms with Crippen LogP contribution in [0.1, 0.15) is 11.1 Å². The molecule has 2 rings (SSSR count). The van der Waals surface area contributed by atoms with Crippen molar-refractivity contribution >= 4 is 22.9 Å². The maximum Gasteiger partial charge on any atom is 0.138 e. The Morgan fingerprint density at radius 2 is 2.15 bits per heavy atom. The topological polar surface area (TPSA) is 41.5 Å². The summed E-state index contributed by atoms with van der Waals surface area (Å²) in [5.74, 6) is 0.599. The molecule has 20 heavy (non-hydrogen) atoms. The van der Waals surface area contributed by atoms with Crippen molar-refractivity contribution in [3.8, 4) is 5.75 Å². The number of ether oxygens (including phenoxy) is 1. The Morgan fingerprint density at radius 1 is 1.35 bits per heavy atom. The lowest BCUT2D eigenvalue weighted by molar-refractivity contribution is 0.106. The summed E-state index contributed by atoms with van der Waals surface area (Å²) in [6.07, 6.45) is -0.565. The van der Waals surface area contributed by atoms with Gasteiger partial charge in [0.1, 0.15) is 18.5 Å². The van der Waals surface area contributed by atoms with Crippen LogP contribution in [0.15, 0.2) is 35.0 Å². The summed E-state index contributed by atoms with van der Waals surface area (Å²) in [7, 11) is 0. The standard InChI is InChI=1S/C15H18ClNO2S/c1-11-9-20-10-12(11)6-17-7-13(18)8-19-15-5-3-2-4-14(15)16/h2-5,9-10,13,17-18H,6-8H2,1H3. The molecule has 0 aliphatic heterocycles. The van der Waals surface area contributed by atoms with E-state index in [1.165, 1.54) is 11.1 Å². The zero-order valence-electron chi connectivity index (χ0n) is 11.3. The van der Waals surface area contributed by atoms with Crippen LogP contribution < -0.4 is 10.1 Å². The number of aryl methyl sites for hydroxylation is 1. The van der Waals surface area contributed by atoms with Crippen LogP contribution in [0.4, 0.5) is 0 Å². The van der Waals surface area contributed by atoms with E-state index < -0.39 is 6.10 Å². The fourth-order valence-corrected chi connectivity index (χ4v) is 2.80. The quantitative estimate of drug-likeness (QED) is 0.825. The Hall–Kier alpha value is -1.07. The Morgan fingerprint density at radius 3 is 2.85 bits per heavy atom. The molecule has 0 radical (unpaired) electrons. The molecule has 5 heteroatoms. The van der Waals surface area contributed by atoms with E-state index in [0.717, 1.165) is 6.54 Å². The Balaban J connectivity index is 1.69. The van der Waals surface area contributed by atoms with E-state index in [2.05, 4.69) is 23.0 Å². The van der Waals surface area contributed by atoms with Gasteiger partial charge in [-0.05, 0) is 40.9 Å². The lowest BCUT2D eigenvalue weighted by atomic mass is 10.2. The number of hydrogen-bond donors (Lipinski definition) is 2. The molecule has 0 aliphatic carbocycles. The smallest absolute Gasteiger partial charge is 0.138 e. The minimum Gasteiger partial charge on any atom is -0.489 e. The Labute approximate surface area is 128 Å². The maximum absolute atomic E-state index is 9.87. The van der Waals surface area contributed by atoms with Crippen LogP contribution in [0, 0.1) is 6.92 Å². The number of aliphatic hydroxyl groups is 1.